The molecule has 0 aliphatic rings. The molecule has 0 bridgehead atoms. The smallest absolute Gasteiger partial charge is 0.377 e. The topological polar surface area (TPSA) is 58.2 Å². The van der Waals surface area contributed by atoms with Gasteiger partial charge in [-0.1, -0.05) is 12.2 Å². The summed E-state index contributed by atoms with van der Waals surface area (Å²) in [6.45, 7) is 6.92. The predicted molar refractivity (Wildman–Crippen MR) is 151 cm³/mol. The first-order valence-corrected chi connectivity index (χ1v) is 12.2. The van der Waals surface area contributed by atoms with E-state index in [0.717, 1.165) is 24.3 Å². The first kappa shape index (κ1) is 37.0. The number of rotatable bonds is 8. The van der Waals surface area contributed by atoms with Crippen molar-refractivity contribution in [1.29, 1.82) is 0 Å². The zero-order valence-corrected chi connectivity index (χ0v) is 23.9. The van der Waals surface area contributed by atoms with Crippen molar-refractivity contribution in [2.24, 2.45) is 0 Å². The molecule has 0 aliphatic heterocycles. The third kappa shape index (κ3) is 18.1. The predicted octanol–water partition coefficient (Wildman–Crippen LogP) is 8.15. The van der Waals surface area contributed by atoms with E-state index >= 15 is 0 Å². The number of hydrogen-bond donors (Lipinski definition) is 2. The average molecular weight is 598 g/mol. The maximum Gasteiger partial charge on any atom is 4.00 e. The molecule has 9 heteroatoms. The van der Waals surface area contributed by atoms with Gasteiger partial charge in [0.15, 0.2) is 0 Å². The standard InChI is InChI=1S/2C11H10F2NO.2C5H5.Ti/c2*1-2-3-4-11(15)14-10-6-5-8(12)7-9(10)13;2*1-2-4-5-3-1;/h2*2,5-6H,1,3-4H2,(H,14,15);2*1-5H;/q4*-1;+4. The van der Waals surface area contributed by atoms with Gasteiger partial charge >= 0.3 is 21.7 Å². The molecule has 0 heterocycles. The molecule has 4 rings (SSSR count). The SMILES string of the molecule is C=CCCC(=O)Nc1ccc(F)[c-]c1F.C=CCCC(=O)Nc1ccc(F)[c-]c1F.[Ti+4].c1cc[cH-]c1.c1cc[cH-]c1. The molecule has 0 radical (unpaired) electrons. The Balaban J connectivity index is 0.000000573. The summed E-state index contributed by atoms with van der Waals surface area (Å²) in [5, 5.41) is 4.63. The van der Waals surface area contributed by atoms with Crippen molar-refractivity contribution in [2.45, 2.75) is 25.7 Å². The fraction of sp³-hybridized carbons (Fsp3) is 0.125. The number of anilines is 2. The van der Waals surface area contributed by atoms with Gasteiger partial charge in [-0.15, -0.1) is 49.6 Å². The summed E-state index contributed by atoms with van der Waals surface area (Å²) in [5.41, 5.74) is -0.129. The summed E-state index contributed by atoms with van der Waals surface area (Å²) in [6, 6.07) is 28.1. The van der Waals surface area contributed by atoms with Gasteiger partial charge in [0.2, 0.25) is 11.8 Å². The molecule has 2 amide bonds. The molecular formula is C32H30F4N2O2Ti. The molecule has 0 fully saturated rings. The van der Waals surface area contributed by atoms with Gasteiger partial charge in [-0.3, -0.25) is 9.59 Å². The number of halogens is 4. The minimum atomic E-state index is -0.901. The van der Waals surface area contributed by atoms with Gasteiger partial charge in [0.1, 0.15) is 0 Å². The van der Waals surface area contributed by atoms with Crippen LogP contribution in [0.25, 0.3) is 0 Å². The van der Waals surface area contributed by atoms with Crippen LogP contribution in [0.2, 0.25) is 0 Å². The molecular weight excluding hydrogens is 568 g/mol. The normalized spacial score (nSPS) is 9.07. The number of nitrogens with one attached hydrogen (secondary N) is 2. The van der Waals surface area contributed by atoms with Gasteiger partial charge in [0.25, 0.3) is 0 Å². The van der Waals surface area contributed by atoms with Gasteiger partial charge in [-0.25, -0.2) is 41.8 Å². The first-order valence-electron chi connectivity index (χ1n) is 12.2. The Morgan fingerprint density at radius 3 is 1.27 bits per heavy atom. The Morgan fingerprint density at radius 2 is 1.02 bits per heavy atom. The van der Waals surface area contributed by atoms with Crippen molar-refractivity contribution >= 4 is 23.2 Å². The van der Waals surface area contributed by atoms with E-state index in [4.69, 9.17) is 0 Å². The van der Waals surface area contributed by atoms with Gasteiger partial charge in [0.05, 0.1) is 0 Å². The number of carbonyl (C=O) groups excluding carboxylic acids is 2. The number of benzene rings is 2. The van der Waals surface area contributed by atoms with E-state index in [1.807, 2.05) is 72.8 Å². The van der Waals surface area contributed by atoms with Gasteiger partial charge in [-0.05, 0) is 24.2 Å². The largest absolute Gasteiger partial charge is 4.00 e. The summed E-state index contributed by atoms with van der Waals surface area (Å²) in [6.07, 6.45) is 4.65. The number of hydrogen-bond acceptors (Lipinski definition) is 2. The Hall–Kier alpha value is -4.01. The summed E-state index contributed by atoms with van der Waals surface area (Å²) < 4.78 is 50.9. The van der Waals surface area contributed by atoms with Crippen LogP contribution in [0.3, 0.4) is 0 Å². The van der Waals surface area contributed by atoms with Crippen LogP contribution in [0, 0.1) is 35.4 Å². The zero-order chi connectivity index (χ0) is 29.6. The van der Waals surface area contributed by atoms with Crippen molar-refractivity contribution in [2.75, 3.05) is 10.6 Å². The fourth-order valence-corrected chi connectivity index (χ4v) is 2.61. The van der Waals surface area contributed by atoms with E-state index in [0.29, 0.717) is 12.8 Å². The molecule has 41 heavy (non-hydrogen) atoms. The van der Waals surface area contributed by atoms with Crippen LogP contribution in [0.1, 0.15) is 25.7 Å². The van der Waals surface area contributed by atoms with Crippen molar-refractivity contribution < 1.29 is 48.9 Å². The molecule has 4 aromatic rings. The maximum atomic E-state index is 13.0. The Bertz CT molecular complexity index is 1140. The Kier molecular flexibility index (Phi) is 20.5. The third-order valence-corrected chi connectivity index (χ3v) is 4.53. The quantitative estimate of drug-likeness (QED) is 0.0931. The Labute approximate surface area is 253 Å². The molecule has 0 aromatic heterocycles. The summed E-state index contributed by atoms with van der Waals surface area (Å²) in [5.74, 6) is -4.07. The second kappa shape index (κ2) is 22.8. The zero-order valence-electron chi connectivity index (χ0n) is 22.3. The minimum absolute atomic E-state index is 0. The van der Waals surface area contributed by atoms with E-state index in [2.05, 4.69) is 23.8 Å². The van der Waals surface area contributed by atoms with Crippen LogP contribution in [0.4, 0.5) is 28.9 Å². The monoisotopic (exact) mass is 598 g/mol. The van der Waals surface area contributed by atoms with Crippen LogP contribution < -0.4 is 10.6 Å². The van der Waals surface area contributed by atoms with Gasteiger partial charge in [0, 0.05) is 36.1 Å². The van der Waals surface area contributed by atoms with Crippen molar-refractivity contribution in [3.63, 3.8) is 0 Å². The molecule has 0 unspecified atom stereocenters. The third-order valence-electron chi connectivity index (χ3n) is 4.53. The molecule has 212 valence electrons. The molecule has 0 saturated heterocycles. The van der Waals surface area contributed by atoms with E-state index in [9.17, 15) is 27.2 Å². The number of allylic oxidation sites excluding steroid dienone is 2. The van der Waals surface area contributed by atoms with Crippen LogP contribution >= 0.6 is 0 Å². The molecule has 4 nitrogen and oxygen atoms in total. The van der Waals surface area contributed by atoms with Crippen molar-refractivity contribution in [1.82, 2.24) is 0 Å². The molecule has 0 aliphatic carbocycles. The fourth-order valence-electron chi connectivity index (χ4n) is 2.61. The van der Waals surface area contributed by atoms with E-state index < -0.39 is 23.3 Å². The van der Waals surface area contributed by atoms with Crippen LogP contribution in [-0.4, -0.2) is 11.8 Å². The molecule has 2 N–H and O–H groups in total. The van der Waals surface area contributed by atoms with Gasteiger partial charge in [-0.2, -0.15) is 36.4 Å². The Morgan fingerprint density at radius 1 is 0.683 bits per heavy atom. The second-order valence-electron chi connectivity index (χ2n) is 7.74. The first-order chi connectivity index (χ1) is 19.3. The molecule has 0 spiro atoms. The number of amides is 2. The molecule has 0 atom stereocenters. The van der Waals surface area contributed by atoms with E-state index in [1.165, 1.54) is 0 Å². The van der Waals surface area contributed by atoms with E-state index in [1.54, 1.807) is 12.2 Å². The van der Waals surface area contributed by atoms with E-state index in [-0.39, 0.29) is 57.7 Å². The van der Waals surface area contributed by atoms with Crippen molar-refractivity contribution in [3.8, 4) is 0 Å². The van der Waals surface area contributed by atoms with Crippen LogP contribution in [0.15, 0.2) is 110 Å². The minimum Gasteiger partial charge on any atom is -0.377 e. The molecule has 0 saturated carbocycles. The summed E-state index contributed by atoms with van der Waals surface area (Å²) >= 11 is 0. The van der Waals surface area contributed by atoms with Gasteiger partial charge < -0.3 is 10.6 Å². The maximum absolute atomic E-state index is 13.0. The number of carbonyl (C=O) groups is 2. The summed E-state index contributed by atoms with van der Waals surface area (Å²) in [7, 11) is 0. The molecule has 4 aromatic carbocycles. The van der Waals surface area contributed by atoms with Crippen LogP contribution in [-0.2, 0) is 31.3 Å². The summed E-state index contributed by atoms with van der Waals surface area (Å²) in [4.78, 5) is 22.4. The van der Waals surface area contributed by atoms with Crippen molar-refractivity contribution in [3.05, 3.63) is 146 Å². The average Bonchev–Trinajstić information content (AvgIpc) is 3.70. The second-order valence-corrected chi connectivity index (χ2v) is 7.74. The van der Waals surface area contributed by atoms with Crippen LogP contribution in [0.5, 0.6) is 0 Å².